The Hall–Kier alpha value is -4.45. The summed E-state index contributed by atoms with van der Waals surface area (Å²) in [5.41, 5.74) is 5.92. The van der Waals surface area contributed by atoms with Crippen LogP contribution in [0.2, 0.25) is 0 Å². The number of nitrogens with zero attached hydrogens (tertiary/aromatic N) is 2. The van der Waals surface area contributed by atoms with E-state index in [0.29, 0.717) is 18.7 Å². The topological polar surface area (TPSA) is 72.3 Å². The molecule has 0 unspecified atom stereocenters. The second kappa shape index (κ2) is 18.5. The van der Waals surface area contributed by atoms with E-state index in [2.05, 4.69) is 130 Å². The standard InChI is InChI=1S/C44H57N3O3/c1-33(2)42(48)50-31-17-13-11-9-8-10-12-16-30-49-37-26-20-34(21-27-37)32-45-40-28-29-41(39-19-15-14-18-38(39)40)47-46-36-24-22-35(23-25-36)44(6,7)43(3,4)5/h14-15,18-29,45H,1,8-13,16-17,30-32H2,2-7H3/b47-46+. The summed E-state index contributed by atoms with van der Waals surface area (Å²) in [4.78, 5) is 11.4. The molecular weight excluding hydrogens is 619 g/mol. The van der Waals surface area contributed by atoms with Crippen LogP contribution in [-0.2, 0) is 21.5 Å². The Bertz CT molecular complexity index is 1700. The van der Waals surface area contributed by atoms with E-state index in [0.717, 1.165) is 59.5 Å². The Kier molecular flexibility index (Phi) is 14.2. The number of nitrogens with one attached hydrogen (secondary N) is 1. The van der Waals surface area contributed by atoms with Crippen molar-refractivity contribution in [1.82, 2.24) is 0 Å². The Morgan fingerprint density at radius 3 is 1.92 bits per heavy atom. The number of carbonyl (C=O) groups is 1. The fraction of sp³-hybridized carbons (Fsp3) is 0.432. The van der Waals surface area contributed by atoms with Crippen LogP contribution in [0, 0.1) is 5.41 Å². The van der Waals surface area contributed by atoms with Crippen molar-refractivity contribution in [3.63, 3.8) is 0 Å². The van der Waals surface area contributed by atoms with Gasteiger partial charge in [0.15, 0.2) is 0 Å². The molecule has 0 spiro atoms. The van der Waals surface area contributed by atoms with Crippen LogP contribution in [0.1, 0.15) is 104 Å². The molecule has 266 valence electrons. The molecular formula is C44H57N3O3. The largest absolute Gasteiger partial charge is 0.494 e. The first-order chi connectivity index (χ1) is 24.0. The molecule has 6 nitrogen and oxygen atoms in total. The van der Waals surface area contributed by atoms with Crippen LogP contribution in [0.25, 0.3) is 10.8 Å². The summed E-state index contributed by atoms with van der Waals surface area (Å²) in [6.07, 6.45) is 9.13. The van der Waals surface area contributed by atoms with Crippen LogP contribution in [0.3, 0.4) is 0 Å². The van der Waals surface area contributed by atoms with Crippen molar-refractivity contribution in [2.45, 2.75) is 105 Å². The quantitative estimate of drug-likeness (QED) is 0.0465. The highest BCUT2D eigenvalue weighted by Gasteiger charge is 2.34. The van der Waals surface area contributed by atoms with Gasteiger partial charge in [-0.05, 0) is 78.1 Å². The number of ether oxygens (including phenoxy) is 2. The summed E-state index contributed by atoms with van der Waals surface area (Å²) in [7, 11) is 0. The molecule has 0 amide bonds. The zero-order chi connectivity index (χ0) is 36.0. The SMILES string of the molecule is C=C(C)C(=O)OCCCCCCCCCCOc1ccc(CNc2ccc(/N=N/c3ccc(C(C)(C)C(C)(C)C)cc3)c3ccccc23)cc1. The fourth-order valence-electron chi connectivity index (χ4n) is 5.66. The summed E-state index contributed by atoms with van der Waals surface area (Å²) < 4.78 is 11.1. The van der Waals surface area contributed by atoms with Gasteiger partial charge < -0.3 is 14.8 Å². The van der Waals surface area contributed by atoms with Crippen LogP contribution >= 0.6 is 0 Å². The highest BCUT2D eigenvalue weighted by atomic mass is 16.5. The third-order valence-corrected chi connectivity index (χ3v) is 9.93. The number of anilines is 1. The van der Waals surface area contributed by atoms with E-state index >= 15 is 0 Å². The number of benzene rings is 4. The van der Waals surface area contributed by atoms with E-state index in [1.54, 1.807) is 6.92 Å². The van der Waals surface area contributed by atoms with Gasteiger partial charge in [-0.1, -0.05) is 128 Å². The van der Waals surface area contributed by atoms with Crippen LogP contribution in [-0.4, -0.2) is 19.2 Å². The van der Waals surface area contributed by atoms with E-state index < -0.39 is 0 Å². The molecule has 0 atom stereocenters. The van der Waals surface area contributed by atoms with Gasteiger partial charge in [-0.25, -0.2) is 4.79 Å². The summed E-state index contributed by atoms with van der Waals surface area (Å²) in [5, 5.41) is 15.0. The van der Waals surface area contributed by atoms with E-state index in [9.17, 15) is 4.79 Å². The molecule has 0 saturated heterocycles. The van der Waals surface area contributed by atoms with E-state index in [1.807, 2.05) is 12.1 Å². The second-order valence-corrected chi connectivity index (χ2v) is 14.9. The van der Waals surface area contributed by atoms with Crippen molar-refractivity contribution in [3.8, 4) is 5.75 Å². The van der Waals surface area contributed by atoms with Crippen LogP contribution in [0.5, 0.6) is 5.75 Å². The number of hydrogen-bond donors (Lipinski definition) is 1. The molecule has 4 aromatic rings. The average molecular weight is 676 g/mol. The molecule has 50 heavy (non-hydrogen) atoms. The molecule has 0 aliphatic rings. The Morgan fingerprint density at radius 1 is 0.700 bits per heavy atom. The van der Waals surface area contributed by atoms with Gasteiger partial charge in [0.25, 0.3) is 0 Å². The molecule has 0 saturated carbocycles. The van der Waals surface area contributed by atoms with Crippen LogP contribution < -0.4 is 10.1 Å². The van der Waals surface area contributed by atoms with Gasteiger partial charge in [-0.2, -0.15) is 5.11 Å². The highest BCUT2D eigenvalue weighted by molar-refractivity contribution is 6.00. The molecule has 0 heterocycles. The zero-order valence-electron chi connectivity index (χ0n) is 31.2. The summed E-state index contributed by atoms with van der Waals surface area (Å²) in [5.74, 6) is 0.624. The summed E-state index contributed by atoms with van der Waals surface area (Å²) in [6.45, 7) is 18.6. The van der Waals surface area contributed by atoms with Crippen LogP contribution in [0.4, 0.5) is 17.1 Å². The van der Waals surface area contributed by atoms with Crippen molar-refractivity contribution in [3.05, 3.63) is 108 Å². The highest BCUT2D eigenvalue weighted by Crippen LogP contribution is 2.41. The maximum Gasteiger partial charge on any atom is 0.333 e. The van der Waals surface area contributed by atoms with Gasteiger partial charge in [-0.3, -0.25) is 0 Å². The van der Waals surface area contributed by atoms with Crippen molar-refractivity contribution >= 4 is 33.8 Å². The van der Waals surface area contributed by atoms with Crippen LogP contribution in [0.15, 0.2) is 107 Å². The first kappa shape index (κ1) is 38.4. The first-order valence-corrected chi connectivity index (χ1v) is 18.3. The predicted octanol–water partition coefficient (Wildman–Crippen LogP) is 12.8. The van der Waals surface area contributed by atoms with E-state index in [4.69, 9.17) is 9.47 Å². The number of azo groups is 1. The summed E-state index contributed by atoms with van der Waals surface area (Å²) in [6, 6.07) is 29.3. The van der Waals surface area contributed by atoms with Gasteiger partial charge in [0.2, 0.25) is 0 Å². The lowest BCUT2D eigenvalue weighted by Gasteiger charge is -2.39. The molecule has 1 N–H and O–H groups in total. The molecule has 4 aromatic carbocycles. The zero-order valence-corrected chi connectivity index (χ0v) is 31.2. The predicted molar refractivity (Wildman–Crippen MR) is 209 cm³/mol. The molecule has 4 rings (SSSR count). The smallest absolute Gasteiger partial charge is 0.333 e. The normalized spacial score (nSPS) is 12.0. The lowest BCUT2D eigenvalue weighted by Crippen LogP contribution is -2.33. The lowest BCUT2D eigenvalue weighted by molar-refractivity contribution is -0.139. The second-order valence-electron chi connectivity index (χ2n) is 14.9. The van der Waals surface area contributed by atoms with Crippen molar-refractivity contribution in [2.75, 3.05) is 18.5 Å². The van der Waals surface area contributed by atoms with Gasteiger partial charge in [0.1, 0.15) is 5.75 Å². The molecule has 0 aliphatic heterocycles. The Labute approximate surface area is 300 Å². The number of unbranched alkanes of at least 4 members (excludes halogenated alkanes) is 7. The fourth-order valence-corrected chi connectivity index (χ4v) is 5.66. The average Bonchev–Trinajstić information content (AvgIpc) is 3.10. The molecule has 0 aromatic heterocycles. The molecule has 0 aliphatic carbocycles. The molecule has 0 radical (unpaired) electrons. The molecule has 0 fully saturated rings. The lowest BCUT2D eigenvalue weighted by atomic mass is 9.65. The monoisotopic (exact) mass is 675 g/mol. The molecule has 0 bridgehead atoms. The van der Waals surface area contributed by atoms with Crippen molar-refractivity contribution in [1.29, 1.82) is 0 Å². The first-order valence-electron chi connectivity index (χ1n) is 18.3. The maximum absolute atomic E-state index is 11.4. The minimum Gasteiger partial charge on any atom is -0.494 e. The van der Waals surface area contributed by atoms with Crippen molar-refractivity contribution in [2.24, 2.45) is 15.6 Å². The Morgan fingerprint density at radius 2 is 1.30 bits per heavy atom. The van der Waals surface area contributed by atoms with E-state index in [-0.39, 0.29) is 16.8 Å². The van der Waals surface area contributed by atoms with E-state index in [1.165, 1.54) is 43.2 Å². The number of esters is 1. The molecule has 6 heteroatoms. The van der Waals surface area contributed by atoms with Crippen molar-refractivity contribution < 1.29 is 14.3 Å². The number of carbonyl (C=O) groups excluding carboxylic acids is 1. The van der Waals surface area contributed by atoms with Gasteiger partial charge in [0, 0.05) is 28.6 Å². The third kappa shape index (κ3) is 11.3. The number of rotatable bonds is 19. The third-order valence-electron chi connectivity index (χ3n) is 9.93. The number of hydrogen-bond acceptors (Lipinski definition) is 6. The minimum absolute atomic E-state index is 0.0484. The summed E-state index contributed by atoms with van der Waals surface area (Å²) >= 11 is 0. The van der Waals surface area contributed by atoms with Gasteiger partial charge in [-0.15, -0.1) is 5.11 Å². The van der Waals surface area contributed by atoms with Gasteiger partial charge in [0.05, 0.1) is 24.6 Å². The number of fused-ring (bicyclic) bond motifs is 1. The maximum atomic E-state index is 11.4. The minimum atomic E-state index is -0.287. The van der Waals surface area contributed by atoms with Gasteiger partial charge >= 0.3 is 5.97 Å². The Balaban J connectivity index is 1.19.